The van der Waals surface area contributed by atoms with E-state index in [-0.39, 0.29) is 30.3 Å². The maximum Gasteiger partial charge on any atom is 0.226 e. The summed E-state index contributed by atoms with van der Waals surface area (Å²) in [6, 6.07) is 3.80. The van der Waals surface area contributed by atoms with Crippen LogP contribution < -0.4 is 5.32 Å². The molecule has 2 aliphatic heterocycles. The van der Waals surface area contributed by atoms with Gasteiger partial charge in [-0.1, -0.05) is 0 Å². The Morgan fingerprint density at radius 3 is 2.77 bits per heavy atom. The first kappa shape index (κ1) is 17.3. The van der Waals surface area contributed by atoms with Crippen molar-refractivity contribution in [1.82, 2.24) is 10.2 Å². The van der Waals surface area contributed by atoms with E-state index in [1.165, 1.54) is 0 Å². The molecule has 3 heterocycles. The van der Waals surface area contributed by atoms with Crippen LogP contribution in [0.1, 0.15) is 31.4 Å². The van der Waals surface area contributed by atoms with Gasteiger partial charge in [-0.15, -0.1) is 12.4 Å². The molecule has 1 aromatic heterocycles. The number of carbonyl (C=O) groups excluding carboxylic acids is 1. The number of nitrogens with zero attached hydrogens (tertiary/aromatic N) is 1. The lowest BCUT2D eigenvalue weighted by Gasteiger charge is -2.30. The minimum absolute atomic E-state index is 0. The molecule has 22 heavy (non-hydrogen) atoms. The summed E-state index contributed by atoms with van der Waals surface area (Å²) < 4.78 is 11.1. The van der Waals surface area contributed by atoms with E-state index in [2.05, 4.69) is 5.32 Å². The van der Waals surface area contributed by atoms with E-state index >= 15 is 0 Å². The van der Waals surface area contributed by atoms with Gasteiger partial charge in [-0.05, 0) is 50.9 Å². The lowest BCUT2D eigenvalue weighted by molar-refractivity contribution is -0.139. The third-order valence-electron chi connectivity index (χ3n) is 4.37. The van der Waals surface area contributed by atoms with E-state index in [1.54, 1.807) is 6.26 Å². The molecular weight excluding hydrogens is 304 g/mol. The van der Waals surface area contributed by atoms with E-state index in [9.17, 15) is 4.79 Å². The van der Waals surface area contributed by atoms with Gasteiger partial charge >= 0.3 is 0 Å². The Morgan fingerprint density at radius 1 is 1.32 bits per heavy atom. The van der Waals surface area contributed by atoms with Gasteiger partial charge in [0.05, 0.1) is 18.9 Å². The number of rotatable bonds is 5. The van der Waals surface area contributed by atoms with Crippen molar-refractivity contribution in [2.24, 2.45) is 5.92 Å². The molecule has 0 radical (unpaired) electrons. The van der Waals surface area contributed by atoms with Crippen LogP contribution in [-0.4, -0.2) is 43.2 Å². The number of halogens is 1. The van der Waals surface area contributed by atoms with E-state index in [0.29, 0.717) is 13.1 Å². The number of hydrogen-bond donors (Lipinski definition) is 1. The Kier molecular flexibility index (Phi) is 6.73. The standard InChI is InChI=1S/C16H24N2O3.ClH/c19-16(13-5-7-17-8-6-13)18(11-14-3-1-9-20-14)12-15-4-2-10-21-15;/h1,3,9,13,15,17H,2,4-8,10-12H2;1H. The van der Waals surface area contributed by atoms with Crippen molar-refractivity contribution >= 4 is 18.3 Å². The van der Waals surface area contributed by atoms with Gasteiger partial charge in [-0.3, -0.25) is 4.79 Å². The van der Waals surface area contributed by atoms with Gasteiger partial charge in [-0.2, -0.15) is 0 Å². The van der Waals surface area contributed by atoms with E-state index in [1.807, 2.05) is 17.0 Å². The number of piperidine rings is 1. The van der Waals surface area contributed by atoms with Crippen molar-refractivity contribution < 1.29 is 13.9 Å². The number of carbonyl (C=O) groups is 1. The topological polar surface area (TPSA) is 54.7 Å². The molecule has 1 atom stereocenters. The fraction of sp³-hybridized carbons (Fsp3) is 0.688. The first-order valence-corrected chi connectivity index (χ1v) is 7.96. The van der Waals surface area contributed by atoms with E-state index in [4.69, 9.17) is 9.15 Å². The third kappa shape index (κ3) is 4.48. The average molecular weight is 329 g/mol. The fourth-order valence-corrected chi connectivity index (χ4v) is 3.18. The van der Waals surface area contributed by atoms with Crippen LogP contribution in [0.5, 0.6) is 0 Å². The van der Waals surface area contributed by atoms with Crippen LogP contribution in [0.25, 0.3) is 0 Å². The molecular formula is C16H25ClN2O3. The monoisotopic (exact) mass is 328 g/mol. The zero-order valence-corrected chi connectivity index (χ0v) is 13.6. The summed E-state index contributed by atoms with van der Waals surface area (Å²) in [7, 11) is 0. The molecule has 1 N–H and O–H groups in total. The maximum atomic E-state index is 12.8. The van der Waals surface area contributed by atoms with Gasteiger partial charge < -0.3 is 19.4 Å². The molecule has 2 aliphatic rings. The molecule has 3 rings (SSSR count). The van der Waals surface area contributed by atoms with Gasteiger partial charge in [0, 0.05) is 19.1 Å². The zero-order valence-electron chi connectivity index (χ0n) is 12.8. The second kappa shape index (κ2) is 8.56. The molecule has 1 unspecified atom stereocenters. The van der Waals surface area contributed by atoms with Gasteiger partial charge in [0.25, 0.3) is 0 Å². The predicted molar refractivity (Wildman–Crippen MR) is 85.9 cm³/mol. The van der Waals surface area contributed by atoms with Crippen molar-refractivity contribution in [2.45, 2.75) is 38.3 Å². The highest BCUT2D eigenvalue weighted by Gasteiger charge is 2.29. The van der Waals surface area contributed by atoms with Crippen LogP contribution in [0.15, 0.2) is 22.8 Å². The average Bonchev–Trinajstić information content (AvgIpc) is 3.20. The highest BCUT2D eigenvalue weighted by molar-refractivity contribution is 5.85. The molecule has 1 aromatic rings. The van der Waals surface area contributed by atoms with Gasteiger partial charge in [-0.25, -0.2) is 0 Å². The van der Waals surface area contributed by atoms with Gasteiger partial charge in [0.1, 0.15) is 5.76 Å². The Morgan fingerprint density at radius 2 is 2.14 bits per heavy atom. The normalized spacial score (nSPS) is 22.3. The molecule has 0 spiro atoms. The first-order valence-electron chi connectivity index (χ1n) is 7.96. The smallest absolute Gasteiger partial charge is 0.226 e. The molecule has 0 aliphatic carbocycles. The molecule has 0 aromatic carbocycles. The van der Waals surface area contributed by atoms with E-state index < -0.39 is 0 Å². The molecule has 2 saturated heterocycles. The van der Waals surface area contributed by atoms with Crippen molar-refractivity contribution in [3.05, 3.63) is 24.2 Å². The van der Waals surface area contributed by atoms with Crippen LogP contribution in [0.3, 0.4) is 0 Å². The summed E-state index contributed by atoms with van der Waals surface area (Å²) in [6.07, 6.45) is 5.85. The lowest BCUT2D eigenvalue weighted by Crippen LogP contribution is -2.43. The predicted octanol–water partition coefficient (Wildman–Crippen LogP) is 2.21. The summed E-state index contributed by atoms with van der Waals surface area (Å²) in [5, 5.41) is 3.31. The highest BCUT2D eigenvalue weighted by atomic mass is 35.5. The van der Waals surface area contributed by atoms with Crippen LogP contribution in [0.4, 0.5) is 0 Å². The van der Waals surface area contributed by atoms with Crippen LogP contribution >= 0.6 is 12.4 Å². The Labute approximate surface area is 137 Å². The lowest BCUT2D eigenvalue weighted by atomic mass is 9.96. The Balaban J connectivity index is 0.00000176. The SMILES string of the molecule is Cl.O=C(C1CCNCC1)N(Cc1ccco1)CC1CCCO1. The minimum atomic E-state index is 0. The largest absolute Gasteiger partial charge is 0.467 e. The Bertz CT molecular complexity index is 440. The van der Waals surface area contributed by atoms with Crippen molar-refractivity contribution in [3.8, 4) is 0 Å². The molecule has 124 valence electrons. The van der Waals surface area contributed by atoms with Crippen molar-refractivity contribution in [1.29, 1.82) is 0 Å². The van der Waals surface area contributed by atoms with Crippen LogP contribution in [0, 0.1) is 5.92 Å². The summed E-state index contributed by atoms with van der Waals surface area (Å²) in [4.78, 5) is 14.7. The number of hydrogen-bond acceptors (Lipinski definition) is 4. The molecule has 1 amide bonds. The summed E-state index contributed by atoms with van der Waals surface area (Å²) in [5.41, 5.74) is 0. The second-order valence-corrected chi connectivity index (χ2v) is 5.96. The molecule has 6 heteroatoms. The zero-order chi connectivity index (χ0) is 14.5. The number of ether oxygens (including phenoxy) is 1. The Hall–Kier alpha value is -1.04. The maximum absolute atomic E-state index is 12.8. The van der Waals surface area contributed by atoms with Crippen molar-refractivity contribution in [2.75, 3.05) is 26.2 Å². The van der Waals surface area contributed by atoms with E-state index in [0.717, 1.165) is 51.1 Å². The van der Waals surface area contributed by atoms with Gasteiger partial charge in [0.15, 0.2) is 0 Å². The summed E-state index contributed by atoms with van der Waals surface area (Å²) >= 11 is 0. The van der Waals surface area contributed by atoms with Crippen molar-refractivity contribution in [3.63, 3.8) is 0 Å². The highest BCUT2D eigenvalue weighted by Crippen LogP contribution is 2.20. The third-order valence-corrected chi connectivity index (χ3v) is 4.37. The second-order valence-electron chi connectivity index (χ2n) is 5.96. The number of amides is 1. The molecule has 5 nitrogen and oxygen atoms in total. The molecule has 2 fully saturated rings. The number of nitrogens with one attached hydrogen (secondary N) is 1. The van der Waals surface area contributed by atoms with Crippen LogP contribution in [-0.2, 0) is 16.1 Å². The van der Waals surface area contributed by atoms with Crippen LogP contribution in [0.2, 0.25) is 0 Å². The quantitative estimate of drug-likeness (QED) is 0.900. The molecule has 0 bridgehead atoms. The van der Waals surface area contributed by atoms with Gasteiger partial charge in [0.2, 0.25) is 5.91 Å². The fourth-order valence-electron chi connectivity index (χ4n) is 3.18. The number of furan rings is 1. The minimum Gasteiger partial charge on any atom is -0.467 e. The summed E-state index contributed by atoms with van der Waals surface area (Å²) in [5.74, 6) is 1.24. The first-order chi connectivity index (χ1) is 10.3. The summed E-state index contributed by atoms with van der Waals surface area (Å²) in [6.45, 7) is 3.93. The molecule has 0 saturated carbocycles.